The van der Waals surface area contributed by atoms with Crippen LogP contribution in [-0.4, -0.2) is 18.5 Å². The third-order valence-electron chi connectivity index (χ3n) is 2.55. The van der Waals surface area contributed by atoms with E-state index >= 15 is 0 Å². The number of rotatable bonds is 4. The van der Waals surface area contributed by atoms with Gasteiger partial charge in [0.25, 0.3) is 0 Å². The van der Waals surface area contributed by atoms with E-state index in [1.165, 1.54) is 29.7 Å². The Bertz CT molecular complexity index is 291. The van der Waals surface area contributed by atoms with E-state index in [0.29, 0.717) is 0 Å². The molecule has 0 fully saturated rings. The van der Waals surface area contributed by atoms with Crippen LogP contribution in [0, 0.1) is 13.8 Å². The van der Waals surface area contributed by atoms with Crippen LogP contribution in [0.15, 0.2) is 18.2 Å². The molecule has 0 aliphatic carbocycles. The predicted octanol–water partition coefficient (Wildman–Crippen LogP) is 3.15. The Morgan fingerprint density at radius 1 is 1.21 bits per heavy atom. The fourth-order valence-corrected chi connectivity index (χ4v) is 1.72. The maximum absolute atomic E-state index is 2.38. The molecule has 0 aliphatic heterocycles. The minimum absolute atomic E-state index is 1.07. The third-order valence-corrected chi connectivity index (χ3v) is 2.55. The summed E-state index contributed by atoms with van der Waals surface area (Å²) < 4.78 is 0. The topological polar surface area (TPSA) is 3.24 Å². The summed E-state index contributed by atoms with van der Waals surface area (Å²) >= 11 is 0. The fourth-order valence-electron chi connectivity index (χ4n) is 1.72. The van der Waals surface area contributed by atoms with E-state index in [1.54, 1.807) is 0 Å². The van der Waals surface area contributed by atoms with Gasteiger partial charge in [-0.1, -0.05) is 30.7 Å². The lowest BCUT2D eigenvalue weighted by molar-refractivity contribution is 0.327. The highest BCUT2D eigenvalue weighted by atomic mass is 15.1. The Morgan fingerprint density at radius 2 is 1.93 bits per heavy atom. The minimum atomic E-state index is 1.07. The summed E-state index contributed by atoms with van der Waals surface area (Å²) in [6.45, 7) is 8.81. The van der Waals surface area contributed by atoms with Crippen molar-refractivity contribution in [3.63, 3.8) is 0 Å². The van der Waals surface area contributed by atoms with Gasteiger partial charge >= 0.3 is 0 Å². The van der Waals surface area contributed by atoms with Crippen LogP contribution in [0.2, 0.25) is 0 Å². The lowest BCUT2D eigenvalue weighted by Crippen LogP contribution is -2.19. The van der Waals surface area contributed by atoms with E-state index in [0.717, 1.165) is 6.54 Å². The van der Waals surface area contributed by atoms with Crippen LogP contribution >= 0.6 is 0 Å². The van der Waals surface area contributed by atoms with Gasteiger partial charge < -0.3 is 4.90 Å². The zero-order valence-electron chi connectivity index (χ0n) is 9.80. The second-order valence-corrected chi connectivity index (χ2v) is 4.17. The second kappa shape index (κ2) is 5.16. The Kier molecular flexibility index (Phi) is 4.15. The lowest BCUT2D eigenvalue weighted by atomic mass is 10.1. The van der Waals surface area contributed by atoms with Crippen molar-refractivity contribution in [2.24, 2.45) is 0 Å². The van der Waals surface area contributed by atoms with Crippen molar-refractivity contribution in [2.45, 2.75) is 33.7 Å². The fraction of sp³-hybridized carbons (Fsp3) is 0.538. The molecule has 0 heterocycles. The van der Waals surface area contributed by atoms with Crippen LogP contribution in [0.4, 0.5) is 0 Å². The predicted molar refractivity (Wildman–Crippen MR) is 62.5 cm³/mol. The molecule has 0 unspecified atom stereocenters. The average Bonchev–Trinajstić information content (AvgIpc) is 2.12. The molecule has 1 heteroatoms. The third kappa shape index (κ3) is 3.15. The molecule has 0 amide bonds. The molecule has 0 atom stereocenters. The molecule has 0 spiro atoms. The van der Waals surface area contributed by atoms with E-state index in [2.05, 4.69) is 50.9 Å². The molecule has 0 saturated carbocycles. The Morgan fingerprint density at radius 3 is 2.57 bits per heavy atom. The summed E-state index contributed by atoms with van der Waals surface area (Å²) in [6, 6.07) is 6.69. The van der Waals surface area contributed by atoms with Crippen molar-refractivity contribution in [2.75, 3.05) is 13.6 Å². The molecule has 0 aliphatic rings. The monoisotopic (exact) mass is 191 g/mol. The van der Waals surface area contributed by atoms with Gasteiger partial charge in [0.2, 0.25) is 0 Å². The maximum atomic E-state index is 2.38. The number of benzene rings is 1. The van der Waals surface area contributed by atoms with Crippen molar-refractivity contribution in [3.8, 4) is 0 Å². The highest BCUT2D eigenvalue weighted by molar-refractivity contribution is 5.30. The minimum Gasteiger partial charge on any atom is -0.302 e. The van der Waals surface area contributed by atoms with Gasteiger partial charge in [0.15, 0.2) is 0 Å². The summed E-state index contributed by atoms with van der Waals surface area (Å²) in [6.07, 6.45) is 1.22. The first-order valence-electron chi connectivity index (χ1n) is 5.38. The molecular weight excluding hydrogens is 170 g/mol. The standard InChI is InChI=1S/C13H21N/c1-5-8-14(4)10-13-9-11(2)6-7-12(13)3/h6-7,9H,5,8,10H2,1-4H3. The van der Waals surface area contributed by atoms with Gasteiger partial charge in [0.1, 0.15) is 0 Å². The van der Waals surface area contributed by atoms with Gasteiger partial charge in [0.05, 0.1) is 0 Å². The quantitative estimate of drug-likeness (QED) is 0.706. The number of aryl methyl sites for hydroxylation is 2. The zero-order valence-corrected chi connectivity index (χ0v) is 9.80. The second-order valence-electron chi connectivity index (χ2n) is 4.17. The van der Waals surface area contributed by atoms with Crippen LogP contribution in [0.1, 0.15) is 30.0 Å². The Labute approximate surface area is 87.7 Å². The molecule has 1 aromatic rings. The first kappa shape index (κ1) is 11.3. The van der Waals surface area contributed by atoms with E-state index in [1.807, 2.05) is 0 Å². The average molecular weight is 191 g/mol. The molecule has 1 nitrogen and oxygen atoms in total. The molecule has 14 heavy (non-hydrogen) atoms. The molecule has 0 saturated heterocycles. The summed E-state index contributed by atoms with van der Waals surface area (Å²) in [5, 5.41) is 0. The Balaban J connectivity index is 2.70. The molecule has 0 bridgehead atoms. The zero-order chi connectivity index (χ0) is 10.6. The largest absolute Gasteiger partial charge is 0.302 e. The molecule has 1 rings (SSSR count). The van der Waals surface area contributed by atoms with Crippen molar-refractivity contribution in [3.05, 3.63) is 34.9 Å². The highest BCUT2D eigenvalue weighted by Gasteiger charge is 2.02. The Hall–Kier alpha value is -0.820. The van der Waals surface area contributed by atoms with Crippen molar-refractivity contribution in [1.29, 1.82) is 0 Å². The number of hydrogen-bond acceptors (Lipinski definition) is 1. The maximum Gasteiger partial charge on any atom is 0.0233 e. The molecular formula is C13H21N. The van der Waals surface area contributed by atoms with Crippen molar-refractivity contribution in [1.82, 2.24) is 4.90 Å². The van der Waals surface area contributed by atoms with Crippen LogP contribution < -0.4 is 0 Å². The van der Waals surface area contributed by atoms with E-state index in [4.69, 9.17) is 0 Å². The lowest BCUT2D eigenvalue weighted by Gasteiger charge is -2.17. The summed E-state index contributed by atoms with van der Waals surface area (Å²) in [4.78, 5) is 2.38. The van der Waals surface area contributed by atoms with E-state index in [9.17, 15) is 0 Å². The summed E-state index contributed by atoms with van der Waals surface area (Å²) in [5.74, 6) is 0. The SMILES string of the molecule is CCCN(C)Cc1cc(C)ccc1C. The van der Waals surface area contributed by atoms with Crippen molar-refractivity contribution >= 4 is 0 Å². The first-order valence-corrected chi connectivity index (χ1v) is 5.38. The molecule has 78 valence electrons. The van der Waals surface area contributed by atoms with Gasteiger partial charge in [0, 0.05) is 6.54 Å². The first-order chi connectivity index (χ1) is 6.63. The van der Waals surface area contributed by atoms with Crippen LogP contribution in [0.3, 0.4) is 0 Å². The molecule has 0 aromatic heterocycles. The summed E-state index contributed by atoms with van der Waals surface area (Å²) in [7, 11) is 2.19. The van der Waals surface area contributed by atoms with Crippen LogP contribution in [0.25, 0.3) is 0 Å². The normalized spacial score (nSPS) is 10.9. The van der Waals surface area contributed by atoms with E-state index < -0.39 is 0 Å². The van der Waals surface area contributed by atoms with Gasteiger partial charge in [-0.25, -0.2) is 0 Å². The highest BCUT2D eigenvalue weighted by Crippen LogP contribution is 2.12. The van der Waals surface area contributed by atoms with Gasteiger partial charge in [-0.15, -0.1) is 0 Å². The van der Waals surface area contributed by atoms with E-state index in [-0.39, 0.29) is 0 Å². The molecule has 0 radical (unpaired) electrons. The van der Waals surface area contributed by atoms with Gasteiger partial charge in [-0.3, -0.25) is 0 Å². The molecule has 0 N–H and O–H groups in total. The smallest absolute Gasteiger partial charge is 0.0233 e. The summed E-state index contributed by atoms with van der Waals surface area (Å²) in [5.41, 5.74) is 4.22. The number of nitrogens with zero attached hydrogens (tertiary/aromatic N) is 1. The van der Waals surface area contributed by atoms with Gasteiger partial charge in [-0.05, 0) is 45.0 Å². The van der Waals surface area contributed by atoms with Crippen molar-refractivity contribution < 1.29 is 0 Å². The van der Waals surface area contributed by atoms with Gasteiger partial charge in [-0.2, -0.15) is 0 Å². The van der Waals surface area contributed by atoms with Crippen LogP contribution in [-0.2, 0) is 6.54 Å². The molecule has 1 aromatic carbocycles. The van der Waals surface area contributed by atoms with Crippen LogP contribution in [0.5, 0.6) is 0 Å². The number of hydrogen-bond donors (Lipinski definition) is 0.